The molecule has 0 saturated heterocycles. The number of aromatic hydroxyl groups is 1. The summed E-state index contributed by atoms with van der Waals surface area (Å²) in [5, 5.41) is 29.3. The number of thiazole rings is 1. The van der Waals surface area contributed by atoms with Crippen molar-refractivity contribution in [2.24, 2.45) is 0 Å². The summed E-state index contributed by atoms with van der Waals surface area (Å²) in [6, 6.07) is 5.33. The van der Waals surface area contributed by atoms with Crippen molar-refractivity contribution in [3.63, 3.8) is 0 Å². The summed E-state index contributed by atoms with van der Waals surface area (Å²) < 4.78 is 3.59. The molecule has 5 rings (SSSR count). The Labute approximate surface area is 159 Å². The van der Waals surface area contributed by atoms with E-state index in [2.05, 4.69) is 15.3 Å². The van der Waals surface area contributed by atoms with Gasteiger partial charge in [0, 0.05) is 4.88 Å². The fourth-order valence-corrected chi connectivity index (χ4v) is 4.69. The van der Waals surface area contributed by atoms with E-state index in [4.69, 9.17) is 0 Å². The van der Waals surface area contributed by atoms with Crippen LogP contribution in [0.15, 0.2) is 36.9 Å². The van der Waals surface area contributed by atoms with Gasteiger partial charge in [-0.1, -0.05) is 12.1 Å². The van der Waals surface area contributed by atoms with Gasteiger partial charge >= 0.3 is 0 Å². The van der Waals surface area contributed by atoms with E-state index in [1.165, 1.54) is 4.88 Å². The molecule has 27 heavy (non-hydrogen) atoms. The molecule has 0 bridgehead atoms. The van der Waals surface area contributed by atoms with Crippen LogP contribution in [0.5, 0.6) is 5.75 Å². The summed E-state index contributed by atoms with van der Waals surface area (Å²) in [5.41, 5.74) is 2.99. The first-order valence-electron chi connectivity index (χ1n) is 9.03. The summed E-state index contributed by atoms with van der Waals surface area (Å²) >= 11 is 1.69. The van der Waals surface area contributed by atoms with Gasteiger partial charge < -0.3 is 10.2 Å². The van der Waals surface area contributed by atoms with Crippen LogP contribution >= 0.6 is 11.3 Å². The van der Waals surface area contributed by atoms with Gasteiger partial charge in [-0.3, -0.25) is 4.40 Å². The maximum Gasteiger partial charge on any atom is 0.141 e. The van der Waals surface area contributed by atoms with Gasteiger partial charge in [0.15, 0.2) is 0 Å². The van der Waals surface area contributed by atoms with E-state index in [-0.39, 0.29) is 5.75 Å². The fourth-order valence-electron chi connectivity index (χ4n) is 3.39. The van der Waals surface area contributed by atoms with Crippen molar-refractivity contribution in [2.75, 3.05) is 0 Å². The molecule has 8 heteroatoms. The summed E-state index contributed by atoms with van der Waals surface area (Å²) in [7, 11) is 0. The van der Waals surface area contributed by atoms with Crippen LogP contribution in [0.1, 0.15) is 53.6 Å². The second-order valence-electron chi connectivity index (χ2n) is 6.88. The van der Waals surface area contributed by atoms with E-state index >= 15 is 0 Å². The standard InChI is InChI=1S/C19H19N5O2S/c1-2-11-7-13(5-6-15(11)25)24-9-14(21-22-24)18(26)17-19(12-3-4-12)27-16-8-20-10-23(16)17/h5-10,12,18,25-26H,2-4H2,1H3. The first-order valence-corrected chi connectivity index (χ1v) is 9.84. The van der Waals surface area contributed by atoms with Crippen molar-refractivity contribution >= 4 is 16.2 Å². The number of nitrogens with zero attached hydrogens (tertiary/aromatic N) is 5. The van der Waals surface area contributed by atoms with E-state index in [9.17, 15) is 10.2 Å². The average molecular weight is 381 g/mol. The Kier molecular flexibility index (Phi) is 3.76. The second-order valence-corrected chi connectivity index (χ2v) is 7.95. The zero-order chi connectivity index (χ0) is 18.5. The number of aliphatic hydroxyl groups is 1. The molecule has 2 N–H and O–H groups in total. The molecule has 1 saturated carbocycles. The maximum atomic E-state index is 11.1. The number of benzene rings is 1. The molecule has 0 radical (unpaired) electrons. The number of fused-ring (bicyclic) bond motifs is 1. The Morgan fingerprint density at radius 1 is 1.33 bits per heavy atom. The molecule has 1 aromatic carbocycles. The summed E-state index contributed by atoms with van der Waals surface area (Å²) in [4.78, 5) is 6.44. The van der Waals surface area contributed by atoms with E-state index in [0.717, 1.165) is 41.0 Å². The monoisotopic (exact) mass is 381 g/mol. The van der Waals surface area contributed by atoms with Gasteiger partial charge in [0.1, 0.15) is 28.7 Å². The third-order valence-corrected chi connectivity index (χ3v) is 6.31. The van der Waals surface area contributed by atoms with Crippen LogP contribution in [0, 0.1) is 0 Å². The van der Waals surface area contributed by atoms with Gasteiger partial charge in [0.2, 0.25) is 0 Å². The lowest BCUT2D eigenvalue weighted by Crippen LogP contribution is -2.06. The minimum absolute atomic E-state index is 0.275. The van der Waals surface area contributed by atoms with E-state index < -0.39 is 6.10 Å². The van der Waals surface area contributed by atoms with E-state index in [0.29, 0.717) is 11.6 Å². The van der Waals surface area contributed by atoms with Gasteiger partial charge in [-0.05, 0) is 48.9 Å². The number of hydrogen-bond acceptors (Lipinski definition) is 6. The van der Waals surface area contributed by atoms with Crippen molar-refractivity contribution in [1.82, 2.24) is 24.4 Å². The molecule has 1 atom stereocenters. The first-order chi connectivity index (χ1) is 13.2. The number of aryl methyl sites for hydroxylation is 1. The van der Waals surface area contributed by atoms with Crippen LogP contribution in [0.4, 0.5) is 0 Å². The lowest BCUT2D eigenvalue weighted by Gasteiger charge is -2.09. The zero-order valence-corrected chi connectivity index (χ0v) is 15.6. The van der Waals surface area contributed by atoms with Gasteiger partial charge in [-0.2, -0.15) is 0 Å². The molecule has 1 fully saturated rings. The van der Waals surface area contributed by atoms with Crippen LogP contribution in [0.25, 0.3) is 10.5 Å². The Morgan fingerprint density at radius 3 is 2.96 bits per heavy atom. The Hall–Kier alpha value is -2.71. The Balaban J connectivity index is 1.53. The van der Waals surface area contributed by atoms with Gasteiger partial charge in [-0.25, -0.2) is 9.67 Å². The number of imidazole rings is 1. The molecule has 1 aliphatic rings. The average Bonchev–Trinajstić information content (AvgIpc) is 3.08. The Bertz CT molecular complexity index is 1120. The van der Waals surface area contributed by atoms with Crippen molar-refractivity contribution in [3.05, 3.63) is 58.7 Å². The molecule has 4 aromatic rings. The number of rotatable bonds is 5. The third-order valence-electron chi connectivity index (χ3n) is 5.04. The smallest absolute Gasteiger partial charge is 0.141 e. The maximum absolute atomic E-state index is 11.1. The van der Waals surface area contributed by atoms with Crippen molar-refractivity contribution < 1.29 is 10.2 Å². The zero-order valence-electron chi connectivity index (χ0n) is 14.8. The quantitative estimate of drug-likeness (QED) is 0.554. The predicted octanol–water partition coefficient (Wildman–Crippen LogP) is 3.20. The van der Waals surface area contributed by atoms with Gasteiger partial charge in [-0.15, -0.1) is 16.4 Å². The molecule has 7 nitrogen and oxygen atoms in total. The second kappa shape index (κ2) is 6.17. The van der Waals surface area contributed by atoms with Crippen LogP contribution in [-0.4, -0.2) is 34.6 Å². The molecular formula is C19H19N5O2S. The molecule has 0 aliphatic heterocycles. The number of aliphatic hydroxyl groups excluding tert-OH is 1. The lowest BCUT2D eigenvalue weighted by molar-refractivity contribution is 0.208. The number of hydrogen-bond donors (Lipinski definition) is 2. The molecule has 0 amide bonds. The van der Waals surface area contributed by atoms with E-state index in [1.807, 2.05) is 23.6 Å². The largest absolute Gasteiger partial charge is 0.508 e. The van der Waals surface area contributed by atoms with Crippen LogP contribution < -0.4 is 0 Å². The normalized spacial score (nSPS) is 15.5. The third kappa shape index (κ3) is 2.72. The molecule has 1 unspecified atom stereocenters. The molecule has 138 valence electrons. The van der Waals surface area contributed by atoms with Crippen molar-refractivity contribution in [3.8, 4) is 11.4 Å². The highest BCUT2D eigenvalue weighted by molar-refractivity contribution is 7.17. The van der Waals surface area contributed by atoms with Crippen molar-refractivity contribution in [1.29, 1.82) is 0 Å². The highest BCUT2D eigenvalue weighted by Gasteiger charge is 2.33. The molecule has 3 heterocycles. The van der Waals surface area contributed by atoms with Crippen LogP contribution in [0.3, 0.4) is 0 Å². The highest BCUT2D eigenvalue weighted by Crippen LogP contribution is 2.47. The molecule has 3 aromatic heterocycles. The number of aromatic nitrogens is 5. The SMILES string of the molecule is CCc1cc(-n2cc(C(O)c3c(C4CC4)sc4cncn34)nn2)ccc1O. The minimum atomic E-state index is -0.861. The van der Waals surface area contributed by atoms with Gasteiger partial charge in [0.25, 0.3) is 0 Å². The summed E-state index contributed by atoms with van der Waals surface area (Å²) in [5.74, 6) is 0.801. The fraction of sp³-hybridized carbons (Fsp3) is 0.316. The summed E-state index contributed by atoms with van der Waals surface area (Å²) in [6.07, 6.45) is 7.50. The number of phenols is 1. The van der Waals surface area contributed by atoms with Crippen LogP contribution in [-0.2, 0) is 6.42 Å². The predicted molar refractivity (Wildman–Crippen MR) is 102 cm³/mol. The minimum Gasteiger partial charge on any atom is -0.508 e. The van der Waals surface area contributed by atoms with Gasteiger partial charge in [0.05, 0.1) is 23.8 Å². The topological polar surface area (TPSA) is 88.5 Å². The first kappa shape index (κ1) is 16.5. The highest BCUT2D eigenvalue weighted by atomic mass is 32.1. The van der Waals surface area contributed by atoms with Crippen molar-refractivity contribution in [2.45, 2.75) is 38.2 Å². The molecular weight excluding hydrogens is 362 g/mol. The van der Waals surface area contributed by atoms with Crippen LogP contribution in [0.2, 0.25) is 0 Å². The van der Waals surface area contributed by atoms with E-state index in [1.54, 1.807) is 40.7 Å². The number of phenolic OH excluding ortho intramolecular Hbond substituents is 1. The Morgan fingerprint density at radius 2 is 2.19 bits per heavy atom. The molecule has 1 aliphatic carbocycles. The molecule has 0 spiro atoms. The summed E-state index contributed by atoms with van der Waals surface area (Å²) in [6.45, 7) is 1.99. The lowest BCUT2D eigenvalue weighted by atomic mass is 10.1.